The minimum absolute atomic E-state index is 0.436. The van der Waals surface area contributed by atoms with Gasteiger partial charge in [0.25, 0.3) is 0 Å². The van der Waals surface area contributed by atoms with Crippen LogP contribution >= 0.6 is 0 Å². The molecule has 0 aromatic heterocycles. The van der Waals surface area contributed by atoms with Gasteiger partial charge in [-0.2, -0.15) is 13.2 Å². The summed E-state index contributed by atoms with van der Waals surface area (Å²) in [4.78, 5) is 14.5. The fourth-order valence-electron chi connectivity index (χ4n) is 4.56. The number of morpholine rings is 1. The van der Waals surface area contributed by atoms with Gasteiger partial charge in [0, 0.05) is 39.0 Å². The van der Waals surface area contributed by atoms with Gasteiger partial charge in [-0.25, -0.2) is 4.79 Å². The molecule has 3 aliphatic heterocycles. The summed E-state index contributed by atoms with van der Waals surface area (Å²) < 4.78 is 61.4. The molecule has 1 amide bonds. The molecule has 3 aliphatic rings. The molecule has 1 N–H and O–H groups in total. The molecule has 3 heterocycles. The van der Waals surface area contributed by atoms with Crippen LogP contribution in [0.3, 0.4) is 0 Å². The van der Waals surface area contributed by atoms with E-state index in [0.29, 0.717) is 52.0 Å². The van der Waals surface area contributed by atoms with Crippen LogP contribution in [0.5, 0.6) is 0 Å². The molecule has 0 aliphatic carbocycles. The standard InChI is InChI=1S/C24H29F3N2O5/c1-2-19-21-20(32-22(30)28-11-12-29-13-15-31-16-14-29)8-10-23(33-19,34-21)9-7-17-3-5-18(6-4-17)24(25,26)27/h1,3-6,19-21H,7-16H2,(H,28,30)/t19-,20+,21+,23+/m1/s1. The van der Waals surface area contributed by atoms with Crippen molar-refractivity contribution in [3.8, 4) is 12.3 Å². The maximum Gasteiger partial charge on any atom is 0.416 e. The van der Waals surface area contributed by atoms with Crippen LogP contribution in [0.1, 0.15) is 30.4 Å². The predicted molar refractivity (Wildman–Crippen MR) is 116 cm³/mol. The number of hydrogen-bond donors (Lipinski definition) is 1. The van der Waals surface area contributed by atoms with E-state index in [2.05, 4.69) is 16.1 Å². The first-order valence-electron chi connectivity index (χ1n) is 11.5. The Morgan fingerprint density at radius 3 is 2.65 bits per heavy atom. The van der Waals surface area contributed by atoms with Crippen LogP contribution in [0, 0.1) is 12.3 Å². The van der Waals surface area contributed by atoms with Gasteiger partial charge in [-0.1, -0.05) is 18.1 Å². The quantitative estimate of drug-likeness (QED) is 0.603. The van der Waals surface area contributed by atoms with Crippen LogP contribution in [0.25, 0.3) is 0 Å². The maximum absolute atomic E-state index is 12.8. The Morgan fingerprint density at radius 2 is 1.97 bits per heavy atom. The largest absolute Gasteiger partial charge is 0.443 e. The van der Waals surface area contributed by atoms with Crippen LogP contribution in [-0.2, 0) is 31.5 Å². The highest BCUT2D eigenvalue weighted by Crippen LogP contribution is 2.44. The molecule has 10 heteroatoms. The molecule has 0 saturated carbocycles. The zero-order valence-electron chi connectivity index (χ0n) is 18.8. The SMILES string of the molecule is C#C[C@H]1O[C@]2(CCc3ccc(C(F)(F)F)cc3)CC[C@H](OC(=O)NCCN3CCOCC3)[C@H]1O2. The topological polar surface area (TPSA) is 69.3 Å². The molecule has 4 rings (SSSR count). The Bertz CT molecular complexity index is 882. The Labute approximate surface area is 196 Å². The van der Waals surface area contributed by atoms with Crippen molar-refractivity contribution in [2.45, 2.75) is 56.0 Å². The molecule has 1 aromatic carbocycles. The lowest BCUT2D eigenvalue weighted by Gasteiger charge is -2.35. The molecular weight excluding hydrogens is 453 g/mol. The molecule has 3 fully saturated rings. The summed E-state index contributed by atoms with van der Waals surface area (Å²) in [7, 11) is 0. The van der Waals surface area contributed by atoms with Gasteiger partial charge in [0.15, 0.2) is 11.9 Å². The second kappa shape index (κ2) is 10.5. The highest BCUT2D eigenvalue weighted by molar-refractivity contribution is 5.67. The minimum atomic E-state index is -4.37. The van der Waals surface area contributed by atoms with Gasteiger partial charge < -0.3 is 24.3 Å². The normalized spacial score (nSPS) is 29.4. The number of amides is 1. The summed E-state index contributed by atoms with van der Waals surface area (Å²) >= 11 is 0. The first kappa shape index (κ1) is 24.8. The van der Waals surface area contributed by atoms with Gasteiger partial charge in [0.2, 0.25) is 0 Å². The van der Waals surface area contributed by atoms with Gasteiger partial charge in [0.1, 0.15) is 12.2 Å². The number of nitrogens with zero attached hydrogens (tertiary/aromatic N) is 1. The minimum Gasteiger partial charge on any atom is -0.443 e. The molecule has 0 unspecified atom stereocenters. The summed E-state index contributed by atoms with van der Waals surface area (Å²) in [5, 5.41) is 2.77. The Hall–Kier alpha value is -2.32. The lowest BCUT2D eigenvalue weighted by atomic mass is 9.94. The van der Waals surface area contributed by atoms with Gasteiger partial charge in [-0.3, -0.25) is 4.90 Å². The van der Waals surface area contributed by atoms with Crippen molar-refractivity contribution in [2.24, 2.45) is 0 Å². The number of terminal acetylenes is 1. The summed E-state index contributed by atoms with van der Waals surface area (Å²) in [6.07, 6.45) is 0.847. The van der Waals surface area contributed by atoms with Crippen LogP contribution < -0.4 is 5.32 Å². The number of hydrogen-bond acceptors (Lipinski definition) is 6. The van der Waals surface area contributed by atoms with Crippen molar-refractivity contribution in [1.29, 1.82) is 0 Å². The molecule has 4 atom stereocenters. The number of carbonyl (C=O) groups is 1. The number of alkyl carbamates (subject to hydrolysis) is 1. The molecule has 186 valence electrons. The van der Waals surface area contributed by atoms with Crippen LogP contribution in [0.4, 0.5) is 18.0 Å². The van der Waals surface area contributed by atoms with Crippen molar-refractivity contribution in [3.05, 3.63) is 35.4 Å². The van der Waals surface area contributed by atoms with E-state index in [-0.39, 0.29) is 0 Å². The van der Waals surface area contributed by atoms with Gasteiger partial charge in [-0.05, 0) is 30.5 Å². The fraction of sp³-hybridized carbons (Fsp3) is 0.625. The number of carbonyl (C=O) groups excluding carboxylic acids is 1. The molecule has 0 spiro atoms. The highest BCUT2D eigenvalue weighted by Gasteiger charge is 2.54. The molecule has 2 bridgehead atoms. The second-order valence-electron chi connectivity index (χ2n) is 8.76. The van der Waals surface area contributed by atoms with Crippen LogP contribution in [-0.4, -0.2) is 74.5 Å². The van der Waals surface area contributed by atoms with Crippen molar-refractivity contribution >= 4 is 6.09 Å². The van der Waals surface area contributed by atoms with Gasteiger partial charge in [0.05, 0.1) is 18.8 Å². The number of alkyl halides is 3. The highest BCUT2D eigenvalue weighted by atomic mass is 19.4. The third kappa shape index (κ3) is 6.02. The smallest absolute Gasteiger partial charge is 0.416 e. The predicted octanol–water partition coefficient (Wildman–Crippen LogP) is 2.97. The molecular formula is C24H29F3N2O5. The maximum atomic E-state index is 12.8. The summed E-state index contributed by atoms with van der Waals surface area (Å²) in [6.45, 7) is 4.24. The Kier molecular flexibility index (Phi) is 7.67. The van der Waals surface area contributed by atoms with Crippen molar-refractivity contribution in [3.63, 3.8) is 0 Å². The van der Waals surface area contributed by atoms with E-state index in [9.17, 15) is 18.0 Å². The molecule has 0 radical (unpaired) electrons. The fourth-order valence-corrected chi connectivity index (χ4v) is 4.56. The first-order valence-corrected chi connectivity index (χ1v) is 11.5. The molecule has 34 heavy (non-hydrogen) atoms. The van der Waals surface area contributed by atoms with E-state index in [1.54, 1.807) is 0 Å². The van der Waals surface area contributed by atoms with E-state index >= 15 is 0 Å². The van der Waals surface area contributed by atoms with E-state index in [1.807, 2.05) is 0 Å². The monoisotopic (exact) mass is 482 g/mol. The number of aryl methyl sites for hydroxylation is 1. The van der Waals surface area contributed by atoms with E-state index in [0.717, 1.165) is 30.8 Å². The number of ether oxygens (including phenoxy) is 4. The van der Waals surface area contributed by atoms with Gasteiger partial charge >= 0.3 is 12.3 Å². The number of halogens is 3. The lowest BCUT2D eigenvalue weighted by molar-refractivity contribution is -0.212. The molecule has 1 aromatic rings. The zero-order valence-corrected chi connectivity index (χ0v) is 18.8. The third-order valence-electron chi connectivity index (χ3n) is 6.47. The summed E-state index contributed by atoms with van der Waals surface area (Å²) in [5.41, 5.74) is 0.0596. The van der Waals surface area contributed by atoms with Crippen molar-refractivity contribution in [2.75, 3.05) is 39.4 Å². The number of benzene rings is 1. The Balaban J connectivity index is 1.26. The number of nitrogens with one attached hydrogen (secondary N) is 1. The second-order valence-corrected chi connectivity index (χ2v) is 8.76. The van der Waals surface area contributed by atoms with Crippen molar-refractivity contribution in [1.82, 2.24) is 10.2 Å². The van der Waals surface area contributed by atoms with Gasteiger partial charge in [-0.15, -0.1) is 6.42 Å². The zero-order chi connectivity index (χ0) is 24.2. The number of fused-ring (bicyclic) bond motifs is 2. The summed E-state index contributed by atoms with van der Waals surface area (Å²) in [6, 6.07) is 5.05. The number of rotatable bonds is 7. The molecule has 3 saturated heterocycles. The lowest BCUT2D eigenvalue weighted by Crippen LogP contribution is -2.46. The average molecular weight is 482 g/mol. The van der Waals surface area contributed by atoms with E-state index in [1.165, 1.54) is 12.1 Å². The van der Waals surface area contributed by atoms with Crippen molar-refractivity contribution < 1.29 is 36.9 Å². The van der Waals surface area contributed by atoms with Crippen LogP contribution in [0.2, 0.25) is 0 Å². The van der Waals surface area contributed by atoms with E-state index in [4.69, 9.17) is 25.4 Å². The Morgan fingerprint density at radius 1 is 1.24 bits per heavy atom. The molecule has 7 nitrogen and oxygen atoms in total. The van der Waals surface area contributed by atoms with Crippen LogP contribution in [0.15, 0.2) is 24.3 Å². The third-order valence-corrected chi connectivity index (χ3v) is 6.47. The van der Waals surface area contributed by atoms with E-state index < -0.39 is 41.9 Å². The first-order chi connectivity index (χ1) is 16.3. The average Bonchev–Trinajstić information content (AvgIpc) is 3.13. The summed E-state index contributed by atoms with van der Waals surface area (Å²) in [5.74, 6) is 1.64.